The maximum Gasteiger partial charge on any atom is 0.473 e. The first-order valence-electron chi connectivity index (χ1n) is 25.2. The monoisotopic (exact) mass is 1800 g/mol. The predicted octanol–water partition coefficient (Wildman–Crippen LogP) is -31.4. The van der Waals surface area contributed by atoms with Gasteiger partial charge in [0.05, 0.1) is 0 Å². The molecule has 0 heterocycles. The van der Waals surface area contributed by atoms with Crippen LogP contribution in [-0.4, -0.2) is 387 Å². The average molecular weight is 1800 g/mol. The summed E-state index contributed by atoms with van der Waals surface area (Å²) in [5.74, 6) is 0. The van der Waals surface area contributed by atoms with E-state index in [1.807, 2.05) is 0 Å². The summed E-state index contributed by atoms with van der Waals surface area (Å²) in [7, 11) is -31.1. The lowest BCUT2D eigenvalue weighted by Gasteiger charge is -2.30. The molecule has 4 N–H and O–H groups in total. The molecule has 0 spiro atoms. The zero-order valence-corrected chi connectivity index (χ0v) is 96.6. The second-order valence-corrected chi connectivity index (χ2v) is 78.4. The van der Waals surface area contributed by atoms with E-state index >= 15 is 0 Å². The summed E-state index contributed by atoms with van der Waals surface area (Å²) in [4.78, 5) is 0. The van der Waals surface area contributed by atoms with Crippen molar-refractivity contribution >= 4 is 338 Å². The Bertz CT molecular complexity index is 1180. The molecule has 0 bridgehead atoms. The van der Waals surface area contributed by atoms with Gasteiger partial charge in [0.15, 0.2) is 0 Å². The first kappa shape index (κ1) is 91.9. The van der Waals surface area contributed by atoms with Crippen LogP contribution in [0, 0.1) is 0 Å². The number of rotatable bonds is 75. The fourth-order valence-electron chi connectivity index (χ4n) is 4.43. The van der Waals surface area contributed by atoms with Crippen LogP contribution in [0.3, 0.4) is 0 Å². The first-order valence-corrected chi connectivity index (χ1v) is 65.8. The van der Waals surface area contributed by atoms with Gasteiger partial charge in [0.25, 0.3) is 320 Å². The molecule has 0 fully saturated rings. The van der Waals surface area contributed by atoms with Crippen LogP contribution in [0.25, 0.3) is 0 Å². The Hall–Kier alpha value is 5.81. The second-order valence-electron chi connectivity index (χ2n) is 14.4. The molecule has 0 aliphatic rings. The van der Waals surface area contributed by atoms with E-state index in [-0.39, 0.29) is 0 Å². The summed E-state index contributed by atoms with van der Waals surface area (Å²) in [5, 5.41) is 0. The van der Waals surface area contributed by atoms with Crippen LogP contribution in [0.15, 0.2) is 0 Å². The van der Waals surface area contributed by atoms with Crippen molar-refractivity contribution in [3.05, 3.63) is 0 Å². The van der Waals surface area contributed by atoms with E-state index in [4.69, 9.17) is 165 Å². The number of hydrogen-bond donors (Lipinski definition) is 2. The SMILES string of the molecule is CO[SiH2]O[SiH2]O[SiH2]O[SiH2]O[SiH2]O[SiH2]O[SiH2]O[SiH](CCCN)O[SiH2]O[SiH2]O[SiH2]O[SiH2]O[SiH2]O[SiH2]OC.CO[SiH2]O[SiH2]O[SiH2]O[SiH2]O[SiH2]O[SiH2]O[SiH2]O[Si](CCCN)(O[SiH2]O[SiH2]O[SiH2]O[SiH2]O[SiH2]O[SiH2]OC)O[SiH2]O[SiH2]O[SiH2]O[SiH2]O[SiH2]O[SiH2]OC. The third-order valence-electron chi connectivity index (χ3n) is 7.76. The summed E-state index contributed by atoms with van der Waals surface area (Å²) in [6.45, 7) is 1.07. The Balaban J connectivity index is 0. The Labute approximate surface area is 572 Å². The predicted molar refractivity (Wildman–Crippen MR) is 393 cm³/mol. The summed E-state index contributed by atoms with van der Waals surface area (Å²) < 4.78 is 204. The average Bonchev–Trinajstić information content (AvgIpc) is 3.54. The van der Waals surface area contributed by atoms with Crippen LogP contribution >= 0.6 is 0 Å². The maximum atomic E-state index is 6.25. The smallest absolute Gasteiger partial charge is 0.425 e. The summed E-state index contributed by atoms with van der Waals surface area (Å²) >= 11 is 0. The summed E-state index contributed by atoms with van der Waals surface area (Å²) in [6, 6.07) is 1.38. The van der Waals surface area contributed by atoms with Gasteiger partial charge in [-0.1, -0.05) is 0 Å². The van der Waals surface area contributed by atoms with E-state index in [1.54, 1.807) is 35.5 Å². The van der Waals surface area contributed by atoms with Crippen molar-refractivity contribution < 1.29 is 154 Å². The quantitative estimate of drug-likeness (QED) is 0.0422. The van der Waals surface area contributed by atoms with Crippen LogP contribution in [0.2, 0.25) is 12.1 Å². The topological polar surface area (TPSA) is 394 Å². The van der Waals surface area contributed by atoms with Crippen molar-refractivity contribution in [1.82, 2.24) is 0 Å². The molecule has 0 amide bonds. The van der Waals surface area contributed by atoms with Gasteiger partial charge in [-0.15, -0.1) is 0 Å². The third kappa shape index (κ3) is 78.5. The highest BCUT2D eigenvalue weighted by Gasteiger charge is 2.40. The van der Waals surface area contributed by atoms with E-state index in [9.17, 15) is 0 Å². The maximum absolute atomic E-state index is 6.25. The molecule has 0 saturated carbocycles. The van der Waals surface area contributed by atoms with Crippen molar-refractivity contribution in [3.8, 4) is 0 Å². The molecule has 0 saturated heterocycles. The summed E-state index contributed by atoms with van der Waals surface area (Å²) in [5.41, 5.74) is 11.4. The largest absolute Gasteiger partial charge is 0.473 e. The van der Waals surface area contributed by atoms with Gasteiger partial charge in [0.2, 0.25) is 0 Å². The lowest BCUT2D eigenvalue weighted by molar-refractivity contribution is 0.229. The molecule has 1 atom stereocenters. The van der Waals surface area contributed by atoms with Crippen LogP contribution in [0.1, 0.15) is 12.8 Å². The van der Waals surface area contributed by atoms with E-state index in [2.05, 4.69) is 0 Å². The van der Waals surface area contributed by atoms with E-state index in [0.29, 0.717) is 25.6 Å². The van der Waals surface area contributed by atoms with Gasteiger partial charge in [-0.25, -0.2) is 0 Å². The molecule has 0 aromatic carbocycles. The van der Waals surface area contributed by atoms with E-state index in [0.717, 1.165) is 12.5 Å². The van der Waals surface area contributed by atoms with Crippen molar-refractivity contribution in [3.63, 3.8) is 0 Å². The minimum atomic E-state index is -3.14. The van der Waals surface area contributed by atoms with Gasteiger partial charge in [-0.2, -0.15) is 0 Å². The van der Waals surface area contributed by atoms with E-state index in [1.165, 1.54) is 0 Å². The van der Waals surface area contributed by atoms with Crippen LogP contribution in [-0.2, 0) is 154 Å². The Morgan fingerprint density at radius 1 is 0.238 bits per heavy atom. The third-order valence-corrected chi connectivity index (χ3v) is 57.5. The van der Waals surface area contributed by atoms with Gasteiger partial charge in [0, 0.05) is 41.6 Å². The standard InChI is InChI=1S/C6H55NO22Si20.C5H41NO15Si14/c1-8-30-11-33-14-36-17-39-20-42-23-45-26-48-29-49(6-4-5-7,27-46-24-43-21-40-18-37-15-34-12-31-9-2)28-47-25-44-22-41-19-38-16-35-13-32-10-3;1-7-22-9-24-11-26-13-28-15-30-17-32-19-34-21-35(5-3-4-6)20-33-18-31-16-29-14-27-12-25-10-23-8-2/h4-7,30-48H2,1-3H3;35H,3-6,22-34H2,1-2H3. The summed E-state index contributed by atoms with van der Waals surface area (Å²) in [6.07, 6.45) is 1.53. The molecule has 84 heavy (non-hydrogen) atoms. The zero-order chi connectivity index (χ0) is 61.1. The van der Waals surface area contributed by atoms with Crippen molar-refractivity contribution in [2.75, 3.05) is 48.6 Å². The zero-order valence-electron chi connectivity index (χ0n) is 49.2. The van der Waals surface area contributed by atoms with Crippen molar-refractivity contribution in [1.29, 1.82) is 0 Å². The molecule has 1 unspecified atom stereocenters. The first-order chi connectivity index (χ1) is 41.6. The highest BCUT2D eigenvalue weighted by atomic mass is 28.5. The highest BCUT2D eigenvalue weighted by molar-refractivity contribution is 6.73. The Kier molecular flexibility index (Phi) is 92.9. The molecular formula is C11H96N2O37Si34. The van der Waals surface area contributed by atoms with Gasteiger partial charge in [-0.05, 0) is 32.0 Å². The normalized spacial score (nSPS) is 17.3. The molecule has 39 nitrogen and oxygen atoms in total. The van der Waals surface area contributed by atoms with Gasteiger partial charge in [-0.3, -0.25) is 0 Å². The van der Waals surface area contributed by atoms with Crippen molar-refractivity contribution in [2.24, 2.45) is 11.5 Å². The molecule has 0 aliphatic heterocycles. The minimum absolute atomic E-state index is 0.464. The molecule has 0 aliphatic carbocycles. The Morgan fingerprint density at radius 3 is 0.607 bits per heavy atom. The fraction of sp³-hybridized carbons (Fsp3) is 1.00. The van der Waals surface area contributed by atoms with Gasteiger partial charge >= 0.3 is 18.1 Å². The van der Waals surface area contributed by atoms with Gasteiger partial charge in [0.1, 0.15) is 0 Å². The van der Waals surface area contributed by atoms with Crippen molar-refractivity contribution in [2.45, 2.75) is 24.9 Å². The molecular weight excluding hydrogens is 1710 g/mol. The lowest BCUT2D eigenvalue weighted by atomic mass is 10.5. The molecule has 0 rings (SSSR count). The van der Waals surface area contributed by atoms with Crippen LogP contribution in [0.4, 0.5) is 0 Å². The number of hydrogen-bond acceptors (Lipinski definition) is 39. The fourth-order valence-corrected chi connectivity index (χ4v) is 66.7. The Morgan fingerprint density at radius 2 is 0.417 bits per heavy atom. The van der Waals surface area contributed by atoms with Crippen LogP contribution < -0.4 is 11.5 Å². The highest BCUT2D eigenvalue weighted by Crippen LogP contribution is 2.17. The second kappa shape index (κ2) is 84.9. The minimum Gasteiger partial charge on any atom is -0.425 e. The number of nitrogens with two attached hydrogens (primary N) is 2. The molecule has 73 heteroatoms. The van der Waals surface area contributed by atoms with Gasteiger partial charge < -0.3 is 165 Å². The van der Waals surface area contributed by atoms with Crippen LogP contribution in [0.5, 0.6) is 0 Å². The van der Waals surface area contributed by atoms with E-state index < -0.39 is 338 Å². The lowest BCUT2D eigenvalue weighted by Crippen LogP contribution is -2.50. The molecule has 0 aromatic heterocycles. The molecule has 0 radical (unpaired) electrons. The molecule has 0 aromatic rings. The molecule has 508 valence electrons.